The zero-order valence-corrected chi connectivity index (χ0v) is 20.7. The number of hydrogen-bond donors (Lipinski definition) is 1. The Hall–Kier alpha value is -3.30. The molecule has 0 radical (unpaired) electrons. The number of nitrogens with zero attached hydrogens (tertiary/aromatic N) is 5. The summed E-state index contributed by atoms with van der Waals surface area (Å²) in [6, 6.07) is 18.3. The van der Waals surface area contributed by atoms with Crippen molar-refractivity contribution in [3.63, 3.8) is 0 Å². The fourth-order valence-corrected chi connectivity index (χ4v) is 5.46. The predicted octanol–water partition coefficient (Wildman–Crippen LogP) is 6.19. The van der Waals surface area contributed by atoms with Crippen LogP contribution in [0, 0.1) is 0 Å². The molecule has 0 unspecified atom stereocenters. The van der Waals surface area contributed by atoms with E-state index >= 15 is 0 Å². The molecule has 1 amide bonds. The predicted molar refractivity (Wildman–Crippen MR) is 139 cm³/mol. The number of carbonyl (C=O) groups excluding carboxylic acids is 1. The van der Waals surface area contributed by atoms with Crippen molar-refractivity contribution in [2.24, 2.45) is 0 Å². The van der Waals surface area contributed by atoms with Crippen LogP contribution in [-0.4, -0.2) is 35.9 Å². The summed E-state index contributed by atoms with van der Waals surface area (Å²) in [5, 5.41) is 15.5. The minimum Gasteiger partial charge on any atom is -0.321 e. The molecule has 5 aromatic rings. The summed E-state index contributed by atoms with van der Waals surface area (Å²) in [6.07, 6.45) is 0.627. The summed E-state index contributed by atoms with van der Waals surface area (Å²) in [7, 11) is 0. The number of nitrogens with one attached hydrogen (secondary N) is 1. The Labute approximate surface area is 205 Å². The van der Waals surface area contributed by atoms with Crippen molar-refractivity contribution in [1.29, 1.82) is 0 Å². The number of carbonyl (C=O) groups is 1. The maximum absolute atomic E-state index is 13.0. The Morgan fingerprint density at radius 3 is 2.59 bits per heavy atom. The molecule has 0 fully saturated rings. The minimum atomic E-state index is -0.361. The molecule has 7 nitrogen and oxygen atoms in total. The highest BCUT2D eigenvalue weighted by Gasteiger charge is 2.23. The van der Waals surface area contributed by atoms with Crippen molar-refractivity contribution in [2.75, 3.05) is 5.32 Å². The van der Waals surface area contributed by atoms with E-state index in [4.69, 9.17) is 4.98 Å². The highest BCUT2D eigenvalue weighted by molar-refractivity contribution is 8.00. The largest absolute Gasteiger partial charge is 0.321 e. The van der Waals surface area contributed by atoms with E-state index in [2.05, 4.69) is 45.0 Å². The van der Waals surface area contributed by atoms with Gasteiger partial charge in [0.2, 0.25) is 11.1 Å². The van der Waals surface area contributed by atoms with Gasteiger partial charge in [-0.2, -0.15) is 0 Å². The van der Waals surface area contributed by atoms with E-state index in [1.165, 1.54) is 23.1 Å². The van der Waals surface area contributed by atoms with Gasteiger partial charge in [0, 0.05) is 22.4 Å². The van der Waals surface area contributed by atoms with Crippen LogP contribution in [0.15, 0.2) is 65.1 Å². The van der Waals surface area contributed by atoms with E-state index in [9.17, 15) is 4.79 Å². The first-order valence-corrected chi connectivity index (χ1v) is 12.9. The van der Waals surface area contributed by atoms with Crippen LogP contribution in [0.3, 0.4) is 0 Å². The molecule has 0 spiro atoms. The lowest BCUT2D eigenvalue weighted by Gasteiger charge is -2.13. The SMILES string of the molecule is CC[C@H](Sc1nnc2c3ccccc3n(C(C)C)c2n1)C(=O)Nc1nc(-c2ccccc2)cs1. The lowest BCUT2D eigenvalue weighted by atomic mass is 10.2. The smallest absolute Gasteiger partial charge is 0.239 e. The van der Waals surface area contributed by atoms with E-state index in [0.29, 0.717) is 16.7 Å². The van der Waals surface area contributed by atoms with Crippen LogP contribution in [0.1, 0.15) is 33.2 Å². The number of amides is 1. The number of benzene rings is 2. The first kappa shape index (κ1) is 22.5. The third kappa shape index (κ3) is 4.28. The number of anilines is 1. The van der Waals surface area contributed by atoms with Gasteiger partial charge >= 0.3 is 0 Å². The van der Waals surface area contributed by atoms with Gasteiger partial charge in [-0.25, -0.2) is 9.97 Å². The van der Waals surface area contributed by atoms with Crippen molar-refractivity contribution >= 4 is 56.2 Å². The van der Waals surface area contributed by atoms with E-state index in [0.717, 1.165) is 33.3 Å². The molecule has 3 heterocycles. The van der Waals surface area contributed by atoms with Crippen LogP contribution in [0.25, 0.3) is 33.3 Å². The van der Waals surface area contributed by atoms with Gasteiger partial charge in [0.25, 0.3) is 0 Å². The topological polar surface area (TPSA) is 85.6 Å². The average Bonchev–Trinajstić information content (AvgIpc) is 3.45. The van der Waals surface area contributed by atoms with Crippen molar-refractivity contribution in [3.8, 4) is 11.3 Å². The molecule has 0 aliphatic rings. The third-order valence-corrected chi connectivity index (χ3v) is 7.50. The van der Waals surface area contributed by atoms with Crippen molar-refractivity contribution in [3.05, 3.63) is 60.0 Å². The summed E-state index contributed by atoms with van der Waals surface area (Å²) in [6.45, 7) is 6.23. The molecule has 0 aliphatic heterocycles. The highest BCUT2D eigenvalue weighted by atomic mass is 32.2. The van der Waals surface area contributed by atoms with Crippen LogP contribution in [-0.2, 0) is 4.79 Å². The van der Waals surface area contributed by atoms with Crippen LogP contribution in [0.5, 0.6) is 0 Å². The summed E-state index contributed by atoms with van der Waals surface area (Å²) in [5.41, 5.74) is 4.52. The molecule has 172 valence electrons. The summed E-state index contributed by atoms with van der Waals surface area (Å²) >= 11 is 2.75. The molecule has 0 saturated heterocycles. The summed E-state index contributed by atoms with van der Waals surface area (Å²) < 4.78 is 2.17. The standard InChI is InChI=1S/C25H24N6OS2/c1-4-20(23(32)28-24-26-18(14-33-24)16-10-6-5-7-11-16)34-25-27-22-21(29-30-25)17-12-8-9-13-19(17)31(22)15(2)3/h5-15,20H,4H2,1-3H3,(H,26,28,32)/t20-/m0/s1. The average molecular weight is 489 g/mol. The summed E-state index contributed by atoms with van der Waals surface area (Å²) in [5.74, 6) is -0.116. The van der Waals surface area contributed by atoms with Crippen molar-refractivity contribution < 1.29 is 4.79 Å². The lowest BCUT2D eigenvalue weighted by Crippen LogP contribution is -2.24. The Kier molecular flexibility index (Phi) is 6.30. The molecule has 1 N–H and O–H groups in total. The minimum absolute atomic E-state index is 0.116. The zero-order chi connectivity index (χ0) is 23.7. The third-order valence-electron chi connectivity index (χ3n) is 5.53. The number of rotatable bonds is 7. The van der Waals surface area contributed by atoms with Gasteiger partial charge in [0.1, 0.15) is 5.52 Å². The molecule has 2 aromatic carbocycles. The van der Waals surface area contributed by atoms with E-state index < -0.39 is 0 Å². The van der Waals surface area contributed by atoms with Gasteiger partial charge in [-0.05, 0) is 26.3 Å². The normalized spacial score (nSPS) is 12.5. The molecule has 34 heavy (non-hydrogen) atoms. The Balaban J connectivity index is 1.38. The van der Waals surface area contributed by atoms with Gasteiger partial charge in [0.05, 0.1) is 16.5 Å². The highest BCUT2D eigenvalue weighted by Crippen LogP contribution is 2.32. The number of aromatic nitrogens is 5. The molecule has 5 rings (SSSR count). The molecule has 0 aliphatic carbocycles. The first-order valence-electron chi connectivity index (χ1n) is 11.2. The first-order chi connectivity index (χ1) is 16.5. The molecule has 9 heteroatoms. The Morgan fingerprint density at radius 1 is 1.06 bits per heavy atom. The molecule has 1 atom stereocenters. The maximum Gasteiger partial charge on any atom is 0.239 e. The van der Waals surface area contributed by atoms with E-state index in [1.807, 2.05) is 60.8 Å². The molecule has 0 saturated carbocycles. The van der Waals surface area contributed by atoms with Gasteiger partial charge < -0.3 is 9.88 Å². The second-order valence-electron chi connectivity index (χ2n) is 8.16. The van der Waals surface area contributed by atoms with Gasteiger partial charge in [-0.1, -0.05) is 67.2 Å². The van der Waals surface area contributed by atoms with Gasteiger partial charge in [0.15, 0.2) is 10.8 Å². The van der Waals surface area contributed by atoms with Crippen LogP contribution < -0.4 is 5.32 Å². The zero-order valence-electron chi connectivity index (χ0n) is 19.1. The molecular weight excluding hydrogens is 464 g/mol. The number of thioether (sulfide) groups is 1. The number of thiazole rings is 1. The maximum atomic E-state index is 13.0. The van der Waals surface area contributed by atoms with Gasteiger partial charge in [-0.15, -0.1) is 21.5 Å². The lowest BCUT2D eigenvalue weighted by molar-refractivity contribution is -0.115. The van der Waals surface area contributed by atoms with E-state index in [-0.39, 0.29) is 17.2 Å². The second-order valence-corrected chi connectivity index (χ2v) is 10.2. The number of para-hydroxylation sites is 1. The fourth-order valence-electron chi connectivity index (χ4n) is 3.92. The molecule has 0 bridgehead atoms. The number of fused-ring (bicyclic) bond motifs is 3. The monoisotopic (exact) mass is 488 g/mol. The quantitative estimate of drug-likeness (QED) is 0.275. The van der Waals surface area contributed by atoms with Crippen molar-refractivity contribution in [1.82, 2.24) is 24.7 Å². The van der Waals surface area contributed by atoms with Gasteiger partial charge in [-0.3, -0.25) is 4.79 Å². The van der Waals surface area contributed by atoms with Crippen LogP contribution >= 0.6 is 23.1 Å². The fraction of sp³-hybridized carbons (Fsp3) is 0.240. The van der Waals surface area contributed by atoms with Crippen molar-refractivity contribution in [2.45, 2.75) is 43.6 Å². The Morgan fingerprint density at radius 2 is 1.82 bits per heavy atom. The number of hydrogen-bond acceptors (Lipinski definition) is 7. The Bertz CT molecular complexity index is 1460. The molecular formula is C25H24N6OS2. The van der Waals surface area contributed by atoms with E-state index in [1.54, 1.807) is 0 Å². The molecule has 3 aromatic heterocycles. The summed E-state index contributed by atoms with van der Waals surface area (Å²) in [4.78, 5) is 22.4. The van der Waals surface area contributed by atoms with Crippen LogP contribution in [0.2, 0.25) is 0 Å². The van der Waals surface area contributed by atoms with Crippen LogP contribution in [0.4, 0.5) is 5.13 Å². The second kappa shape index (κ2) is 9.52.